The fraction of sp³-hybridized carbons (Fsp3) is 0.150. The zero-order valence-electron chi connectivity index (χ0n) is 14.9. The van der Waals surface area contributed by atoms with E-state index in [0.717, 1.165) is 11.3 Å². The number of ether oxygens (including phenoxy) is 2. The van der Waals surface area contributed by atoms with Crippen LogP contribution in [0.15, 0.2) is 48.0 Å². The number of halogens is 1. The van der Waals surface area contributed by atoms with Crippen molar-refractivity contribution in [2.45, 2.75) is 6.54 Å². The number of amides is 1. The third-order valence-electron chi connectivity index (χ3n) is 3.60. The Morgan fingerprint density at radius 2 is 1.96 bits per heavy atom. The summed E-state index contributed by atoms with van der Waals surface area (Å²) in [5.74, 6) is -0.416. The monoisotopic (exact) mass is 492 g/mol. The van der Waals surface area contributed by atoms with Crippen molar-refractivity contribution < 1.29 is 24.2 Å². The van der Waals surface area contributed by atoms with Gasteiger partial charge in [-0.1, -0.05) is 18.2 Å². The molecule has 0 saturated heterocycles. The Bertz CT molecular complexity index is 933. The van der Waals surface area contributed by atoms with Crippen molar-refractivity contribution in [3.63, 3.8) is 0 Å². The maximum atomic E-state index is 12.3. The van der Waals surface area contributed by atoms with Crippen molar-refractivity contribution >= 4 is 40.5 Å². The molecule has 0 unspecified atom stereocenters. The minimum Gasteiger partial charge on any atom is -0.497 e. The van der Waals surface area contributed by atoms with Crippen LogP contribution in [0.5, 0.6) is 11.5 Å². The minimum atomic E-state index is -1.07. The summed E-state index contributed by atoms with van der Waals surface area (Å²) in [5, 5.41) is 20.7. The van der Waals surface area contributed by atoms with Gasteiger partial charge in [-0.05, 0) is 64.1 Å². The predicted octanol–water partition coefficient (Wildman–Crippen LogP) is 2.99. The molecule has 2 aromatic carbocycles. The third kappa shape index (κ3) is 6.28. The molecule has 2 aromatic rings. The Labute approximate surface area is 175 Å². The lowest BCUT2D eigenvalue weighted by atomic mass is 10.1. The summed E-state index contributed by atoms with van der Waals surface area (Å²) < 4.78 is 10.9. The molecule has 0 aliphatic carbocycles. The van der Waals surface area contributed by atoms with E-state index in [1.54, 1.807) is 37.4 Å². The number of carboxylic acid groups (broad SMARTS) is 1. The van der Waals surface area contributed by atoms with E-state index in [9.17, 15) is 14.9 Å². The van der Waals surface area contributed by atoms with Crippen molar-refractivity contribution in [1.29, 1.82) is 5.26 Å². The molecule has 144 valence electrons. The molecule has 7 nitrogen and oxygen atoms in total. The number of nitrogens with zero attached hydrogens (tertiary/aromatic N) is 1. The van der Waals surface area contributed by atoms with E-state index in [0.29, 0.717) is 14.9 Å². The summed E-state index contributed by atoms with van der Waals surface area (Å²) in [6.45, 7) is -0.163. The van der Waals surface area contributed by atoms with Gasteiger partial charge in [0.05, 0.1) is 10.7 Å². The highest BCUT2D eigenvalue weighted by Crippen LogP contribution is 2.23. The van der Waals surface area contributed by atoms with Gasteiger partial charge in [-0.3, -0.25) is 4.79 Å². The molecule has 0 spiro atoms. The summed E-state index contributed by atoms with van der Waals surface area (Å²) in [6, 6.07) is 14.1. The van der Waals surface area contributed by atoms with Crippen LogP contribution < -0.4 is 14.8 Å². The van der Waals surface area contributed by atoms with E-state index < -0.39 is 18.5 Å². The Hall–Kier alpha value is -3.06. The Morgan fingerprint density at radius 3 is 2.54 bits per heavy atom. The van der Waals surface area contributed by atoms with Gasteiger partial charge in [-0.2, -0.15) is 5.26 Å². The summed E-state index contributed by atoms with van der Waals surface area (Å²) in [4.78, 5) is 22.9. The summed E-state index contributed by atoms with van der Waals surface area (Å²) in [5.41, 5.74) is 1.47. The number of hydrogen-bond donors (Lipinski definition) is 2. The number of methoxy groups -OCH3 is 1. The quantitative estimate of drug-likeness (QED) is 0.333. The fourth-order valence-corrected chi connectivity index (χ4v) is 2.89. The maximum Gasteiger partial charge on any atom is 0.341 e. The molecule has 0 heterocycles. The van der Waals surface area contributed by atoms with Crippen LogP contribution in [-0.4, -0.2) is 30.7 Å². The summed E-state index contributed by atoms with van der Waals surface area (Å²) in [6.07, 6.45) is 1.46. The number of carboxylic acids is 1. The number of nitriles is 1. The average molecular weight is 492 g/mol. The second kappa shape index (κ2) is 10.3. The highest BCUT2D eigenvalue weighted by molar-refractivity contribution is 14.1. The molecule has 0 fully saturated rings. The van der Waals surface area contributed by atoms with Crippen molar-refractivity contribution in [3.05, 3.63) is 62.7 Å². The SMILES string of the molecule is COc1ccc(CNC(=O)/C(C#N)=C\c2ccc(OCC(=O)O)c(I)c2)cc1. The van der Waals surface area contributed by atoms with E-state index in [1.165, 1.54) is 6.08 Å². The second-order valence-corrected chi connectivity index (χ2v) is 6.74. The number of carbonyl (C=O) groups excluding carboxylic acids is 1. The van der Waals surface area contributed by atoms with E-state index in [1.807, 2.05) is 40.8 Å². The molecular weight excluding hydrogens is 475 g/mol. The molecule has 0 saturated carbocycles. The summed E-state index contributed by atoms with van der Waals surface area (Å²) in [7, 11) is 1.58. The molecule has 0 aliphatic heterocycles. The van der Waals surface area contributed by atoms with Crippen LogP contribution >= 0.6 is 22.6 Å². The predicted molar refractivity (Wildman–Crippen MR) is 111 cm³/mol. The highest BCUT2D eigenvalue weighted by Gasteiger charge is 2.10. The van der Waals surface area contributed by atoms with Gasteiger partial charge in [-0.25, -0.2) is 4.79 Å². The van der Waals surface area contributed by atoms with E-state index in [4.69, 9.17) is 14.6 Å². The highest BCUT2D eigenvalue weighted by atomic mass is 127. The van der Waals surface area contributed by atoms with Crippen molar-refractivity contribution in [2.24, 2.45) is 0 Å². The molecule has 28 heavy (non-hydrogen) atoms. The standard InChI is InChI=1S/C20H17IN2O5/c1-27-16-5-2-13(3-6-16)11-23-20(26)15(10-22)8-14-4-7-18(17(21)9-14)28-12-19(24)25/h2-9H,11-12H2,1H3,(H,23,26)(H,24,25)/b15-8-. The van der Waals surface area contributed by atoms with Crippen molar-refractivity contribution in [2.75, 3.05) is 13.7 Å². The first kappa shape index (κ1) is 21.2. The van der Waals surface area contributed by atoms with Crippen molar-refractivity contribution in [3.8, 4) is 17.6 Å². The summed E-state index contributed by atoms with van der Waals surface area (Å²) >= 11 is 2.00. The Kier molecular flexibility index (Phi) is 7.83. The van der Waals surface area contributed by atoms with Gasteiger partial charge in [0.15, 0.2) is 6.61 Å². The van der Waals surface area contributed by atoms with Crippen LogP contribution in [0.25, 0.3) is 6.08 Å². The van der Waals surface area contributed by atoms with Gasteiger partial charge in [0.2, 0.25) is 0 Å². The largest absolute Gasteiger partial charge is 0.497 e. The first-order valence-corrected chi connectivity index (χ1v) is 9.18. The topological polar surface area (TPSA) is 109 Å². The lowest BCUT2D eigenvalue weighted by Gasteiger charge is -2.07. The molecule has 0 aliphatic rings. The smallest absolute Gasteiger partial charge is 0.341 e. The number of nitrogens with one attached hydrogen (secondary N) is 1. The Balaban J connectivity index is 2.05. The lowest BCUT2D eigenvalue weighted by Crippen LogP contribution is -2.23. The zero-order chi connectivity index (χ0) is 20.5. The molecule has 2 rings (SSSR count). The average Bonchev–Trinajstić information content (AvgIpc) is 2.69. The van der Waals surface area contributed by atoms with Crippen molar-refractivity contribution in [1.82, 2.24) is 5.32 Å². The molecule has 1 amide bonds. The van der Waals surface area contributed by atoms with Gasteiger partial charge in [0.1, 0.15) is 23.1 Å². The normalized spacial score (nSPS) is 10.7. The number of benzene rings is 2. The van der Waals surface area contributed by atoms with Crippen LogP contribution in [0.1, 0.15) is 11.1 Å². The number of carbonyl (C=O) groups is 2. The molecule has 0 atom stereocenters. The first-order valence-electron chi connectivity index (χ1n) is 8.10. The first-order chi connectivity index (χ1) is 13.4. The van der Waals surface area contributed by atoms with Crippen LogP contribution in [0.4, 0.5) is 0 Å². The van der Waals surface area contributed by atoms with Crippen LogP contribution in [-0.2, 0) is 16.1 Å². The van der Waals surface area contributed by atoms with E-state index in [-0.39, 0.29) is 12.1 Å². The van der Waals surface area contributed by atoms with Crippen LogP contribution in [0.2, 0.25) is 0 Å². The van der Waals surface area contributed by atoms with E-state index >= 15 is 0 Å². The van der Waals surface area contributed by atoms with Gasteiger partial charge < -0.3 is 19.9 Å². The maximum absolute atomic E-state index is 12.3. The molecule has 0 aromatic heterocycles. The van der Waals surface area contributed by atoms with Crippen LogP contribution in [0.3, 0.4) is 0 Å². The number of aliphatic carboxylic acids is 1. The zero-order valence-corrected chi connectivity index (χ0v) is 17.1. The van der Waals surface area contributed by atoms with Gasteiger partial charge >= 0.3 is 5.97 Å². The fourth-order valence-electron chi connectivity index (χ4n) is 2.20. The molecule has 8 heteroatoms. The molecule has 0 bridgehead atoms. The van der Waals surface area contributed by atoms with Gasteiger partial charge in [0, 0.05) is 6.54 Å². The van der Waals surface area contributed by atoms with Gasteiger partial charge in [0.25, 0.3) is 5.91 Å². The molecule has 0 radical (unpaired) electrons. The number of hydrogen-bond acceptors (Lipinski definition) is 5. The second-order valence-electron chi connectivity index (χ2n) is 5.57. The number of rotatable bonds is 8. The minimum absolute atomic E-state index is 0.0384. The Morgan fingerprint density at radius 1 is 1.25 bits per heavy atom. The molecular formula is C20H17IN2O5. The third-order valence-corrected chi connectivity index (χ3v) is 4.44. The lowest BCUT2D eigenvalue weighted by molar-refractivity contribution is -0.139. The molecule has 2 N–H and O–H groups in total. The van der Waals surface area contributed by atoms with Crippen LogP contribution in [0, 0.1) is 14.9 Å². The van der Waals surface area contributed by atoms with Gasteiger partial charge in [-0.15, -0.1) is 0 Å². The van der Waals surface area contributed by atoms with E-state index in [2.05, 4.69) is 5.32 Å².